The van der Waals surface area contributed by atoms with E-state index < -0.39 is 17.6 Å². The Kier molecular flexibility index (Phi) is 4.81. The normalized spacial score (nSPS) is 15.9. The van der Waals surface area contributed by atoms with Gasteiger partial charge < -0.3 is 4.74 Å². The number of carbonyl (C=O) groups is 1. The average molecular weight is 197 g/mol. The van der Waals surface area contributed by atoms with Gasteiger partial charge in [0.05, 0.1) is 0 Å². The molecule has 0 heterocycles. The van der Waals surface area contributed by atoms with Gasteiger partial charge in [-0.1, -0.05) is 13.5 Å². The zero-order valence-electron chi connectivity index (χ0n) is 8.74. The monoisotopic (exact) mass is 197 g/mol. The molecule has 0 aliphatic heterocycles. The Balaban J connectivity index is 4.60. The first-order chi connectivity index (χ1) is 6.50. The average Bonchev–Trinajstić information content (AvgIpc) is 2.17. The van der Waals surface area contributed by atoms with Crippen LogP contribution in [0.15, 0.2) is 17.6 Å². The topological polar surface area (TPSA) is 55.7 Å². The van der Waals surface area contributed by atoms with Gasteiger partial charge in [0.2, 0.25) is 6.08 Å². The summed E-state index contributed by atoms with van der Waals surface area (Å²) in [6, 6.07) is 0. The molecule has 78 valence electrons. The van der Waals surface area contributed by atoms with E-state index in [9.17, 15) is 9.59 Å². The number of hydrogen-bond donors (Lipinski definition) is 0. The molecule has 2 atom stereocenters. The van der Waals surface area contributed by atoms with E-state index in [2.05, 4.69) is 11.6 Å². The Morgan fingerprint density at radius 1 is 1.79 bits per heavy atom. The fraction of sp³-hybridized carbons (Fsp3) is 0.600. The molecule has 0 N–H and O–H groups in total. The predicted octanol–water partition coefficient (Wildman–Crippen LogP) is 1.61. The van der Waals surface area contributed by atoms with Crippen LogP contribution in [-0.2, 0) is 14.3 Å². The van der Waals surface area contributed by atoms with Crippen LogP contribution in [0.25, 0.3) is 0 Å². The molecule has 2 unspecified atom stereocenters. The standard InChI is InChI=1S/C10H15NO3/c1-5-9(13)14-8(3)10(4,6-2)11-7-12/h5,8H,1,6H2,2-4H3. The highest BCUT2D eigenvalue weighted by Gasteiger charge is 2.31. The number of carbonyl (C=O) groups excluding carboxylic acids is 2. The lowest BCUT2D eigenvalue weighted by molar-refractivity contribution is -0.145. The van der Waals surface area contributed by atoms with Gasteiger partial charge in [-0.05, 0) is 20.3 Å². The molecular weight excluding hydrogens is 182 g/mol. The number of esters is 1. The largest absolute Gasteiger partial charge is 0.457 e. The fourth-order valence-corrected chi connectivity index (χ4v) is 0.911. The SMILES string of the molecule is C=CC(=O)OC(C)C(C)(CC)N=C=O. The van der Waals surface area contributed by atoms with Gasteiger partial charge >= 0.3 is 5.97 Å². The summed E-state index contributed by atoms with van der Waals surface area (Å²) in [5.74, 6) is -0.515. The first kappa shape index (κ1) is 12.6. The third kappa shape index (κ3) is 3.15. The lowest BCUT2D eigenvalue weighted by atomic mass is 9.93. The maximum atomic E-state index is 10.9. The van der Waals surface area contributed by atoms with Gasteiger partial charge in [-0.25, -0.2) is 9.59 Å². The van der Waals surface area contributed by atoms with Gasteiger partial charge in [0.15, 0.2) is 0 Å². The number of hydrogen-bond acceptors (Lipinski definition) is 4. The van der Waals surface area contributed by atoms with Crippen molar-refractivity contribution in [2.45, 2.75) is 38.8 Å². The van der Waals surface area contributed by atoms with Crippen molar-refractivity contribution in [3.05, 3.63) is 12.7 Å². The molecule has 0 fully saturated rings. The summed E-state index contributed by atoms with van der Waals surface area (Å²) in [4.78, 5) is 24.7. The van der Waals surface area contributed by atoms with Crippen molar-refractivity contribution in [2.24, 2.45) is 4.99 Å². The van der Waals surface area contributed by atoms with Gasteiger partial charge in [-0.15, -0.1) is 0 Å². The zero-order chi connectivity index (χ0) is 11.2. The first-order valence-corrected chi connectivity index (χ1v) is 4.42. The Hall–Kier alpha value is -1.41. The number of aliphatic imine (C=N–C) groups is 1. The lowest BCUT2D eigenvalue weighted by Crippen LogP contribution is -2.37. The predicted molar refractivity (Wildman–Crippen MR) is 52.6 cm³/mol. The van der Waals surface area contributed by atoms with Crippen LogP contribution in [0.4, 0.5) is 0 Å². The minimum absolute atomic E-state index is 0.473. The molecule has 14 heavy (non-hydrogen) atoms. The Morgan fingerprint density at radius 2 is 2.36 bits per heavy atom. The summed E-state index contributed by atoms with van der Waals surface area (Å²) < 4.78 is 4.98. The molecular formula is C10H15NO3. The van der Waals surface area contributed by atoms with Crippen molar-refractivity contribution in [1.29, 1.82) is 0 Å². The molecule has 0 aliphatic carbocycles. The summed E-state index contributed by atoms with van der Waals surface area (Å²) in [5, 5.41) is 0. The van der Waals surface area contributed by atoms with Gasteiger partial charge in [0, 0.05) is 6.08 Å². The van der Waals surface area contributed by atoms with Crippen LogP contribution < -0.4 is 0 Å². The maximum Gasteiger partial charge on any atom is 0.330 e. The summed E-state index contributed by atoms with van der Waals surface area (Å²) >= 11 is 0. The van der Waals surface area contributed by atoms with E-state index in [1.165, 1.54) is 6.08 Å². The van der Waals surface area contributed by atoms with Gasteiger partial charge in [0.25, 0.3) is 0 Å². The molecule has 0 aliphatic rings. The second-order valence-electron chi connectivity index (χ2n) is 3.20. The molecule has 0 amide bonds. The summed E-state index contributed by atoms with van der Waals surface area (Å²) in [7, 11) is 0. The Morgan fingerprint density at radius 3 is 2.71 bits per heavy atom. The quantitative estimate of drug-likeness (QED) is 0.291. The van der Waals surface area contributed by atoms with Crippen LogP contribution in [0.5, 0.6) is 0 Å². The van der Waals surface area contributed by atoms with Crippen LogP contribution in [0.3, 0.4) is 0 Å². The van der Waals surface area contributed by atoms with Gasteiger partial charge in [-0.2, -0.15) is 4.99 Å². The van der Waals surface area contributed by atoms with E-state index in [1.54, 1.807) is 13.8 Å². The molecule has 4 nitrogen and oxygen atoms in total. The van der Waals surface area contributed by atoms with Crippen LogP contribution in [-0.4, -0.2) is 23.7 Å². The highest BCUT2D eigenvalue weighted by molar-refractivity contribution is 5.81. The minimum Gasteiger partial charge on any atom is -0.457 e. The molecule has 0 bridgehead atoms. The van der Waals surface area contributed by atoms with Crippen LogP contribution in [0, 0.1) is 0 Å². The smallest absolute Gasteiger partial charge is 0.330 e. The molecule has 0 aromatic carbocycles. The summed E-state index contributed by atoms with van der Waals surface area (Å²) in [6.07, 6.45) is 2.69. The van der Waals surface area contributed by atoms with E-state index >= 15 is 0 Å². The maximum absolute atomic E-state index is 10.9. The van der Waals surface area contributed by atoms with Crippen LogP contribution in [0.1, 0.15) is 27.2 Å². The molecule has 0 aromatic heterocycles. The van der Waals surface area contributed by atoms with E-state index in [0.717, 1.165) is 6.08 Å². The summed E-state index contributed by atoms with van der Waals surface area (Å²) in [6.45, 7) is 8.57. The third-order valence-corrected chi connectivity index (χ3v) is 2.35. The Labute approximate surface area is 83.7 Å². The zero-order valence-corrected chi connectivity index (χ0v) is 8.74. The van der Waals surface area contributed by atoms with Gasteiger partial charge in [0.1, 0.15) is 11.6 Å². The molecule has 4 heteroatoms. The van der Waals surface area contributed by atoms with Crippen LogP contribution in [0.2, 0.25) is 0 Å². The molecule has 0 radical (unpaired) electrons. The first-order valence-electron chi connectivity index (χ1n) is 4.42. The molecule has 0 rings (SSSR count). The molecule has 0 aromatic rings. The number of ether oxygens (including phenoxy) is 1. The van der Waals surface area contributed by atoms with Crippen molar-refractivity contribution < 1.29 is 14.3 Å². The number of nitrogens with zero attached hydrogens (tertiary/aromatic N) is 1. The van der Waals surface area contributed by atoms with Crippen molar-refractivity contribution in [3.8, 4) is 0 Å². The van der Waals surface area contributed by atoms with Crippen molar-refractivity contribution in [2.75, 3.05) is 0 Å². The number of rotatable bonds is 5. The Bertz CT molecular complexity index is 269. The highest BCUT2D eigenvalue weighted by Crippen LogP contribution is 2.22. The van der Waals surface area contributed by atoms with Crippen LogP contribution >= 0.6 is 0 Å². The van der Waals surface area contributed by atoms with Crippen molar-refractivity contribution in [1.82, 2.24) is 0 Å². The molecule has 0 spiro atoms. The molecule has 0 saturated heterocycles. The summed E-state index contributed by atoms with van der Waals surface area (Å²) in [5.41, 5.74) is -0.708. The van der Waals surface area contributed by atoms with Gasteiger partial charge in [-0.3, -0.25) is 0 Å². The molecule has 0 saturated carbocycles. The van der Waals surface area contributed by atoms with E-state index in [1.807, 2.05) is 6.92 Å². The fourth-order valence-electron chi connectivity index (χ4n) is 0.911. The van der Waals surface area contributed by atoms with E-state index in [4.69, 9.17) is 4.74 Å². The van der Waals surface area contributed by atoms with Crippen molar-refractivity contribution in [3.63, 3.8) is 0 Å². The second-order valence-corrected chi connectivity index (χ2v) is 3.20. The minimum atomic E-state index is -0.708. The third-order valence-electron chi connectivity index (χ3n) is 2.35. The second kappa shape index (κ2) is 5.35. The highest BCUT2D eigenvalue weighted by atomic mass is 16.5. The lowest BCUT2D eigenvalue weighted by Gasteiger charge is -2.28. The van der Waals surface area contributed by atoms with E-state index in [0.29, 0.717) is 6.42 Å². The van der Waals surface area contributed by atoms with Crippen molar-refractivity contribution >= 4 is 12.0 Å². The number of isocyanates is 1. The van der Waals surface area contributed by atoms with E-state index in [-0.39, 0.29) is 0 Å².